The van der Waals surface area contributed by atoms with E-state index in [1.54, 1.807) is 0 Å². The van der Waals surface area contributed by atoms with E-state index < -0.39 is 0 Å². The molecule has 0 amide bonds. The van der Waals surface area contributed by atoms with Crippen LogP contribution in [-0.2, 0) is 22.5 Å². The second-order valence-corrected chi connectivity index (χ2v) is 2.58. The van der Waals surface area contributed by atoms with Gasteiger partial charge in [-0.3, -0.25) is 4.79 Å². The van der Waals surface area contributed by atoms with Gasteiger partial charge in [-0.05, 0) is 16.8 Å². The standard InChI is InChI=1S/C7H12N4O2/c1-3-4-6-8-9-10-11(6)5-7(12)13-2/h3-5H2,1-2H3. The first-order valence-electron chi connectivity index (χ1n) is 4.09. The molecule has 0 unspecified atom stereocenters. The predicted molar refractivity (Wildman–Crippen MR) is 43.8 cm³/mol. The minimum Gasteiger partial charge on any atom is -0.468 e. The molecule has 0 bridgehead atoms. The fourth-order valence-electron chi connectivity index (χ4n) is 0.936. The molecule has 6 nitrogen and oxygen atoms in total. The number of esters is 1. The molecule has 72 valence electrons. The van der Waals surface area contributed by atoms with Gasteiger partial charge in [0.25, 0.3) is 0 Å². The van der Waals surface area contributed by atoms with Gasteiger partial charge in [-0.15, -0.1) is 5.10 Å². The summed E-state index contributed by atoms with van der Waals surface area (Å²) < 4.78 is 5.96. The number of ether oxygens (including phenoxy) is 1. The Morgan fingerprint density at radius 3 is 3.00 bits per heavy atom. The number of nitrogens with zero attached hydrogens (tertiary/aromatic N) is 4. The first-order chi connectivity index (χ1) is 6.27. The van der Waals surface area contributed by atoms with Crippen molar-refractivity contribution >= 4 is 5.97 Å². The molecule has 1 rings (SSSR count). The molecule has 1 aromatic rings. The van der Waals surface area contributed by atoms with Crippen LogP contribution in [0.2, 0.25) is 0 Å². The van der Waals surface area contributed by atoms with Crippen LogP contribution in [0, 0.1) is 0 Å². The second-order valence-electron chi connectivity index (χ2n) is 2.58. The largest absolute Gasteiger partial charge is 0.468 e. The predicted octanol–water partition coefficient (Wildman–Crippen LogP) is -0.201. The summed E-state index contributed by atoms with van der Waals surface area (Å²) in [5, 5.41) is 10.9. The lowest BCUT2D eigenvalue weighted by atomic mass is 10.3. The van der Waals surface area contributed by atoms with Crippen molar-refractivity contribution in [3.8, 4) is 0 Å². The maximum absolute atomic E-state index is 10.9. The summed E-state index contributed by atoms with van der Waals surface area (Å²) in [5.74, 6) is 0.373. The van der Waals surface area contributed by atoms with Gasteiger partial charge >= 0.3 is 5.97 Å². The quantitative estimate of drug-likeness (QED) is 0.606. The molecule has 0 saturated heterocycles. The van der Waals surface area contributed by atoms with Crippen LogP contribution in [0.3, 0.4) is 0 Å². The fraction of sp³-hybridized carbons (Fsp3) is 0.714. The molecule has 0 aliphatic heterocycles. The average Bonchev–Trinajstić information content (AvgIpc) is 2.54. The Labute approximate surface area is 75.9 Å². The van der Waals surface area contributed by atoms with E-state index in [-0.39, 0.29) is 12.5 Å². The van der Waals surface area contributed by atoms with E-state index in [1.807, 2.05) is 6.92 Å². The zero-order chi connectivity index (χ0) is 9.68. The van der Waals surface area contributed by atoms with Crippen LogP contribution in [0.5, 0.6) is 0 Å². The fourth-order valence-corrected chi connectivity index (χ4v) is 0.936. The lowest BCUT2D eigenvalue weighted by Gasteiger charge is -2.00. The summed E-state index contributed by atoms with van der Waals surface area (Å²) in [6, 6.07) is 0. The summed E-state index contributed by atoms with van der Waals surface area (Å²) in [6.07, 6.45) is 1.71. The Morgan fingerprint density at radius 2 is 2.38 bits per heavy atom. The van der Waals surface area contributed by atoms with Crippen molar-refractivity contribution in [1.82, 2.24) is 20.2 Å². The first-order valence-corrected chi connectivity index (χ1v) is 4.09. The highest BCUT2D eigenvalue weighted by atomic mass is 16.5. The average molecular weight is 184 g/mol. The van der Waals surface area contributed by atoms with Gasteiger partial charge in [0.15, 0.2) is 5.82 Å². The van der Waals surface area contributed by atoms with Gasteiger partial charge in [0.2, 0.25) is 0 Å². The minimum absolute atomic E-state index is 0.0822. The summed E-state index contributed by atoms with van der Waals surface area (Å²) in [6.45, 7) is 2.11. The van der Waals surface area contributed by atoms with Crippen molar-refractivity contribution in [1.29, 1.82) is 0 Å². The lowest BCUT2D eigenvalue weighted by Crippen LogP contribution is -2.15. The highest BCUT2D eigenvalue weighted by Gasteiger charge is 2.08. The maximum atomic E-state index is 10.9. The van der Waals surface area contributed by atoms with Crippen molar-refractivity contribution in [3.63, 3.8) is 0 Å². The minimum atomic E-state index is -0.343. The van der Waals surface area contributed by atoms with Gasteiger partial charge in [-0.25, -0.2) is 4.68 Å². The van der Waals surface area contributed by atoms with Crippen LogP contribution in [-0.4, -0.2) is 33.3 Å². The van der Waals surface area contributed by atoms with Gasteiger partial charge in [0.1, 0.15) is 6.54 Å². The number of carbonyl (C=O) groups is 1. The number of aryl methyl sites for hydroxylation is 1. The number of rotatable bonds is 4. The molecule has 0 N–H and O–H groups in total. The van der Waals surface area contributed by atoms with Crippen molar-refractivity contribution in [2.45, 2.75) is 26.3 Å². The number of tetrazole rings is 1. The van der Waals surface area contributed by atoms with Gasteiger partial charge in [0.05, 0.1) is 7.11 Å². The van der Waals surface area contributed by atoms with Gasteiger partial charge < -0.3 is 4.74 Å². The summed E-state index contributed by atoms with van der Waals surface area (Å²) in [5.41, 5.74) is 0. The molecule has 0 fully saturated rings. The Bertz CT molecular complexity index is 284. The molecule has 0 aromatic carbocycles. The van der Waals surface area contributed by atoms with Crippen LogP contribution < -0.4 is 0 Å². The Hall–Kier alpha value is -1.46. The number of hydrogen-bond acceptors (Lipinski definition) is 5. The zero-order valence-corrected chi connectivity index (χ0v) is 7.73. The number of carbonyl (C=O) groups excluding carboxylic acids is 1. The molecule has 0 saturated carbocycles. The van der Waals surface area contributed by atoms with Crippen molar-refractivity contribution < 1.29 is 9.53 Å². The van der Waals surface area contributed by atoms with Crippen LogP contribution in [0.1, 0.15) is 19.2 Å². The first kappa shape index (κ1) is 9.63. The second kappa shape index (κ2) is 4.54. The van der Waals surface area contributed by atoms with E-state index in [4.69, 9.17) is 0 Å². The third-order valence-electron chi connectivity index (χ3n) is 1.59. The van der Waals surface area contributed by atoms with E-state index in [2.05, 4.69) is 20.3 Å². The summed E-state index contributed by atoms with van der Waals surface area (Å²) in [7, 11) is 1.34. The van der Waals surface area contributed by atoms with Crippen LogP contribution in [0.4, 0.5) is 0 Å². The van der Waals surface area contributed by atoms with Crippen LogP contribution >= 0.6 is 0 Å². The Kier molecular flexibility index (Phi) is 3.36. The molecule has 13 heavy (non-hydrogen) atoms. The monoisotopic (exact) mass is 184 g/mol. The van der Waals surface area contributed by atoms with E-state index in [0.717, 1.165) is 12.8 Å². The topological polar surface area (TPSA) is 69.9 Å². The molecule has 0 aliphatic carbocycles. The van der Waals surface area contributed by atoms with Gasteiger partial charge in [-0.2, -0.15) is 0 Å². The molecule has 0 spiro atoms. The van der Waals surface area contributed by atoms with Gasteiger partial charge in [-0.1, -0.05) is 6.92 Å². The van der Waals surface area contributed by atoms with Crippen molar-refractivity contribution in [2.75, 3.05) is 7.11 Å². The van der Waals surface area contributed by atoms with Crippen molar-refractivity contribution in [3.05, 3.63) is 5.82 Å². The van der Waals surface area contributed by atoms with Gasteiger partial charge in [0, 0.05) is 6.42 Å². The number of methoxy groups -OCH3 is 1. The number of hydrogen-bond donors (Lipinski definition) is 0. The van der Waals surface area contributed by atoms with Crippen LogP contribution in [0.15, 0.2) is 0 Å². The molecular weight excluding hydrogens is 172 g/mol. The van der Waals surface area contributed by atoms with E-state index in [9.17, 15) is 4.79 Å². The normalized spacial score (nSPS) is 10.0. The molecule has 1 heterocycles. The summed E-state index contributed by atoms with van der Waals surface area (Å²) in [4.78, 5) is 10.9. The summed E-state index contributed by atoms with van der Waals surface area (Å²) >= 11 is 0. The molecule has 0 radical (unpaired) electrons. The highest BCUT2D eigenvalue weighted by molar-refractivity contribution is 5.68. The third-order valence-corrected chi connectivity index (χ3v) is 1.59. The molecule has 0 atom stereocenters. The molecular formula is C7H12N4O2. The highest BCUT2D eigenvalue weighted by Crippen LogP contribution is 1.96. The third kappa shape index (κ3) is 2.50. The Morgan fingerprint density at radius 1 is 1.62 bits per heavy atom. The maximum Gasteiger partial charge on any atom is 0.327 e. The van der Waals surface area contributed by atoms with E-state index in [1.165, 1.54) is 11.8 Å². The number of aromatic nitrogens is 4. The molecule has 6 heteroatoms. The van der Waals surface area contributed by atoms with E-state index >= 15 is 0 Å². The van der Waals surface area contributed by atoms with Crippen molar-refractivity contribution in [2.24, 2.45) is 0 Å². The Balaban J connectivity index is 2.64. The smallest absolute Gasteiger partial charge is 0.327 e. The lowest BCUT2D eigenvalue weighted by molar-refractivity contribution is -0.141. The van der Waals surface area contributed by atoms with E-state index in [0.29, 0.717) is 5.82 Å². The zero-order valence-electron chi connectivity index (χ0n) is 7.73. The molecule has 0 aliphatic rings. The molecule has 1 aromatic heterocycles. The van der Waals surface area contributed by atoms with Crippen LogP contribution in [0.25, 0.3) is 0 Å². The SMILES string of the molecule is CCCc1nnnn1CC(=O)OC.